The summed E-state index contributed by atoms with van der Waals surface area (Å²) < 4.78 is 12.3. The van der Waals surface area contributed by atoms with Gasteiger partial charge in [0.05, 0.1) is 0 Å². The van der Waals surface area contributed by atoms with Crippen molar-refractivity contribution in [3.63, 3.8) is 0 Å². The van der Waals surface area contributed by atoms with Gasteiger partial charge in [0.1, 0.15) is 12.3 Å². The fourth-order valence-corrected chi connectivity index (χ4v) is 3.47. The number of cyclic esters (lactones) is 1. The number of benzene rings is 3. The van der Waals surface area contributed by atoms with Crippen LogP contribution in [-0.4, -0.2) is 30.3 Å². The molecular formula is C25H16Br2N2O5. The lowest BCUT2D eigenvalue weighted by atomic mass is 10.2. The third-order valence-electron chi connectivity index (χ3n) is 4.63. The molecule has 0 aromatic heterocycles. The van der Waals surface area contributed by atoms with Crippen molar-refractivity contribution in [1.82, 2.24) is 5.32 Å². The Morgan fingerprint density at radius 2 is 1.53 bits per heavy atom. The van der Waals surface area contributed by atoms with Crippen LogP contribution < -0.4 is 10.1 Å². The maximum absolute atomic E-state index is 12.2. The van der Waals surface area contributed by atoms with Gasteiger partial charge in [0.25, 0.3) is 5.91 Å². The molecule has 0 bridgehead atoms. The summed E-state index contributed by atoms with van der Waals surface area (Å²) in [5.41, 5.74) is 1.97. The lowest BCUT2D eigenvalue weighted by Crippen LogP contribution is -2.31. The standard InChI is InChI=1S/C25H16Br2N2O5/c26-18-7-3-16(4-8-18)23(31)28-14-22(30)33-20-11-1-15(2-12-20)13-21-25(32)34-24(29-21)17-5-9-19(27)10-6-17/h1-13H,14H2,(H,28,31). The molecule has 0 spiro atoms. The lowest BCUT2D eigenvalue weighted by molar-refractivity contribution is -0.133. The highest BCUT2D eigenvalue weighted by molar-refractivity contribution is 9.10. The van der Waals surface area contributed by atoms with E-state index < -0.39 is 11.9 Å². The average molecular weight is 584 g/mol. The number of carbonyl (C=O) groups excluding carboxylic acids is 3. The topological polar surface area (TPSA) is 94.1 Å². The van der Waals surface area contributed by atoms with E-state index in [-0.39, 0.29) is 24.0 Å². The minimum absolute atomic E-state index is 0.165. The summed E-state index contributed by atoms with van der Waals surface area (Å²) in [6.45, 7) is -0.278. The molecule has 34 heavy (non-hydrogen) atoms. The Labute approximate surface area is 211 Å². The predicted octanol–water partition coefficient (Wildman–Crippen LogP) is 4.89. The molecule has 0 atom stereocenters. The average Bonchev–Trinajstić information content (AvgIpc) is 3.19. The van der Waals surface area contributed by atoms with Crippen molar-refractivity contribution in [3.8, 4) is 5.75 Å². The van der Waals surface area contributed by atoms with Gasteiger partial charge in [0.2, 0.25) is 5.90 Å². The summed E-state index contributed by atoms with van der Waals surface area (Å²) in [6, 6.07) is 20.5. The molecule has 1 amide bonds. The first-order valence-electron chi connectivity index (χ1n) is 10.0. The highest BCUT2D eigenvalue weighted by Crippen LogP contribution is 2.21. The number of ether oxygens (including phenoxy) is 2. The van der Waals surface area contributed by atoms with Crippen LogP contribution in [0, 0.1) is 0 Å². The highest BCUT2D eigenvalue weighted by atomic mass is 79.9. The number of nitrogens with one attached hydrogen (secondary N) is 1. The molecule has 9 heteroatoms. The molecule has 0 unspecified atom stereocenters. The molecule has 1 aliphatic rings. The van der Waals surface area contributed by atoms with Gasteiger partial charge in [-0.3, -0.25) is 4.79 Å². The van der Waals surface area contributed by atoms with E-state index in [0.29, 0.717) is 22.4 Å². The monoisotopic (exact) mass is 582 g/mol. The first kappa shape index (κ1) is 23.6. The Balaban J connectivity index is 1.34. The largest absolute Gasteiger partial charge is 0.425 e. The van der Waals surface area contributed by atoms with E-state index in [2.05, 4.69) is 42.2 Å². The van der Waals surface area contributed by atoms with Gasteiger partial charge in [-0.2, -0.15) is 0 Å². The minimum Gasteiger partial charge on any atom is -0.425 e. The maximum Gasteiger partial charge on any atom is 0.363 e. The first-order valence-corrected chi connectivity index (χ1v) is 11.6. The van der Waals surface area contributed by atoms with Crippen LogP contribution in [0.2, 0.25) is 0 Å². The van der Waals surface area contributed by atoms with Crippen LogP contribution in [0.5, 0.6) is 5.75 Å². The van der Waals surface area contributed by atoms with E-state index in [0.717, 1.165) is 8.95 Å². The summed E-state index contributed by atoms with van der Waals surface area (Å²) in [5.74, 6) is -0.995. The van der Waals surface area contributed by atoms with Crippen LogP contribution in [0.25, 0.3) is 6.08 Å². The predicted molar refractivity (Wildman–Crippen MR) is 133 cm³/mol. The Kier molecular flexibility index (Phi) is 7.34. The quantitative estimate of drug-likeness (QED) is 0.253. The second-order valence-corrected chi connectivity index (χ2v) is 8.91. The van der Waals surface area contributed by atoms with E-state index in [1.54, 1.807) is 66.7 Å². The molecule has 7 nitrogen and oxygen atoms in total. The third-order valence-corrected chi connectivity index (χ3v) is 5.68. The van der Waals surface area contributed by atoms with Crippen LogP contribution in [0.3, 0.4) is 0 Å². The van der Waals surface area contributed by atoms with Gasteiger partial charge in [-0.1, -0.05) is 44.0 Å². The molecule has 0 saturated carbocycles. The summed E-state index contributed by atoms with van der Waals surface area (Å²) in [7, 11) is 0. The zero-order valence-electron chi connectivity index (χ0n) is 17.5. The molecule has 3 aromatic rings. The number of esters is 2. The van der Waals surface area contributed by atoms with E-state index in [4.69, 9.17) is 9.47 Å². The van der Waals surface area contributed by atoms with Gasteiger partial charge in [-0.25, -0.2) is 14.6 Å². The van der Waals surface area contributed by atoms with Gasteiger partial charge in [-0.05, 0) is 72.3 Å². The van der Waals surface area contributed by atoms with E-state index in [9.17, 15) is 14.4 Å². The highest BCUT2D eigenvalue weighted by Gasteiger charge is 2.24. The second-order valence-electron chi connectivity index (χ2n) is 7.08. The fraction of sp³-hybridized carbons (Fsp3) is 0.0400. The van der Waals surface area contributed by atoms with Crippen LogP contribution in [0.1, 0.15) is 21.5 Å². The van der Waals surface area contributed by atoms with Gasteiger partial charge < -0.3 is 14.8 Å². The van der Waals surface area contributed by atoms with Gasteiger partial charge in [-0.15, -0.1) is 0 Å². The van der Waals surface area contributed by atoms with Gasteiger partial charge >= 0.3 is 11.9 Å². The summed E-state index contributed by atoms with van der Waals surface area (Å²) in [5, 5.41) is 2.52. The molecule has 0 radical (unpaired) electrons. The number of nitrogens with zero attached hydrogens (tertiary/aromatic N) is 1. The molecule has 0 saturated heterocycles. The third kappa shape index (κ3) is 6.06. The van der Waals surface area contributed by atoms with E-state index in [1.807, 2.05) is 12.1 Å². The van der Waals surface area contributed by atoms with Crippen molar-refractivity contribution in [2.24, 2.45) is 4.99 Å². The van der Waals surface area contributed by atoms with Crippen LogP contribution in [-0.2, 0) is 14.3 Å². The maximum atomic E-state index is 12.2. The molecule has 4 rings (SSSR count). The van der Waals surface area contributed by atoms with Crippen molar-refractivity contribution in [3.05, 3.63) is 104 Å². The molecule has 1 heterocycles. The van der Waals surface area contributed by atoms with E-state index >= 15 is 0 Å². The number of aliphatic imine (C=N–C) groups is 1. The molecule has 1 aliphatic heterocycles. The zero-order chi connectivity index (χ0) is 24.1. The Bertz CT molecular complexity index is 1300. The lowest BCUT2D eigenvalue weighted by Gasteiger charge is -2.07. The Morgan fingerprint density at radius 1 is 0.912 bits per heavy atom. The molecule has 0 aliphatic carbocycles. The second kappa shape index (κ2) is 10.6. The van der Waals surface area contributed by atoms with Crippen molar-refractivity contribution < 1.29 is 23.9 Å². The molecule has 1 N–H and O–H groups in total. The molecule has 3 aromatic carbocycles. The van der Waals surface area contributed by atoms with Crippen molar-refractivity contribution in [1.29, 1.82) is 0 Å². The summed E-state index contributed by atoms with van der Waals surface area (Å²) in [4.78, 5) is 40.6. The van der Waals surface area contributed by atoms with Crippen LogP contribution in [0.4, 0.5) is 0 Å². The number of amides is 1. The fourth-order valence-electron chi connectivity index (χ4n) is 2.94. The SMILES string of the molecule is O=C(CNC(=O)c1ccc(Br)cc1)Oc1ccc(C=C2N=C(c3ccc(Br)cc3)OC2=O)cc1. The number of hydrogen-bond acceptors (Lipinski definition) is 6. The Morgan fingerprint density at radius 3 is 2.18 bits per heavy atom. The Hall–Kier alpha value is -3.56. The normalized spacial score (nSPS) is 13.9. The van der Waals surface area contributed by atoms with Gasteiger partial charge in [0.15, 0.2) is 5.70 Å². The van der Waals surface area contributed by atoms with Crippen molar-refractivity contribution in [2.75, 3.05) is 6.54 Å². The minimum atomic E-state index is -0.611. The molecular weight excluding hydrogens is 568 g/mol. The number of rotatable bonds is 6. The summed E-state index contributed by atoms with van der Waals surface area (Å²) >= 11 is 6.66. The first-order chi connectivity index (χ1) is 16.4. The number of hydrogen-bond donors (Lipinski definition) is 1. The van der Waals surface area contributed by atoms with Crippen LogP contribution >= 0.6 is 31.9 Å². The molecule has 0 fully saturated rings. The zero-order valence-corrected chi connectivity index (χ0v) is 20.6. The number of carbonyl (C=O) groups is 3. The summed E-state index contributed by atoms with van der Waals surface area (Å²) in [6.07, 6.45) is 1.58. The van der Waals surface area contributed by atoms with E-state index in [1.165, 1.54) is 0 Å². The van der Waals surface area contributed by atoms with Crippen molar-refractivity contribution in [2.45, 2.75) is 0 Å². The number of halogens is 2. The molecule has 170 valence electrons. The smallest absolute Gasteiger partial charge is 0.363 e. The van der Waals surface area contributed by atoms with Gasteiger partial charge in [0, 0.05) is 20.1 Å². The van der Waals surface area contributed by atoms with Crippen LogP contribution in [0.15, 0.2) is 92.4 Å². The van der Waals surface area contributed by atoms with Crippen molar-refractivity contribution >= 4 is 61.7 Å².